The molecule has 0 saturated heterocycles. The second kappa shape index (κ2) is 13.3. The van der Waals surface area contributed by atoms with Crippen LogP contribution in [0.25, 0.3) is 6.08 Å². The van der Waals surface area contributed by atoms with E-state index >= 15 is 0 Å². The summed E-state index contributed by atoms with van der Waals surface area (Å²) in [5, 5.41) is 15.1. The summed E-state index contributed by atoms with van der Waals surface area (Å²) >= 11 is 2.08. The van der Waals surface area contributed by atoms with Gasteiger partial charge in [0.15, 0.2) is 18.1 Å². The number of halogens is 1. The number of carbonyl (C=O) groups excluding carboxylic acids is 2. The predicted molar refractivity (Wildman–Crippen MR) is 148 cm³/mol. The third-order valence-electron chi connectivity index (χ3n) is 4.95. The minimum absolute atomic E-state index is 0.0321. The Hall–Kier alpha value is -3.84. The van der Waals surface area contributed by atoms with Crippen molar-refractivity contribution in [2.24, 2.45) is 0 Å². The molecular weight excluding hydrogens is 569 g/mol. The number of rotatable bonds is 10. The lowest BCUT2D eigenvalue weighted by molar-refractivity contribution is -0.118. The van der Waals surface area contributed by atoms with Gasteiger partial charge in [-0.15, -0.1) is 0 Å². The zero-order chi connectivity index (χ0) is 25.9. The zero-order valence-electron chi connectivity index (χ0n) is 20.0. The molecule has 0 radical (unpaired) electrons. The van der Waals surface area contributed by atoms with E-state index in [2.05, 4.69) is 33.2 Å². The van der Waals surface area contributed by atoms with Gasteiger partial charge in [0.1, 0.15) is 11.6 Å². The maximum absolute atomic E-state index is 12.6. The number of carbonyl (C=O) groups is 2. The fourth-order valence-electron chi connectivity index (χ4n) is 3.32. The molecule has 0 spiro atoms. The number of ether oxygens (including phenoxy) is 2. The first-order valence-electron chi connectivity index (χ1n) is 11.3. The molecule has 0 bridgehead atoms. The molecule has 0 fully saturated rings. The topological polar surface area (TPSA) is 100 Å². The highest BCUT2D eigenvalue weighted by Gasteiger charge is 2.16. The summed E-state index contributed by atoms with van der Waals surface area (Å²) < 4.78 is 12.2. The average molecular weight is 595 g/mol. The number of nitriles is 1. The van der Waals surface area contributed by atoms with Crippen LogP contribution in [0.4, 0.5) is 5.69 Å². The van der Waals surface area contributed by atoms with Gasteiger partial charge in [-0.2, -0.15) is 5.26 Å². The summed E-state index contributed by atoms with van der Waals surface area (Å²) in [6.07, 6.45) is 1.50. The van der Waals surface area contributed by atoms with Crippen LogP contribution in [0.15, 0.2) is 72.3 Å². The van der Waals surface area contributed by atoms with Crippen LogP contribution in [0.5, 0.6) is 11.5 Å². The van der Waals surface area contributed by atoms with Crippen molar-refractivity contribution < 1.29 is 19.1 Å². The maximum atomic E-state index is 12.6. The smallest absolute Gasteiger partial charge is 0.262 e. The first-order chi connectivity index (χ1) is 17.4. The molecule has 184 valence electrons. The third kappa shape index (κ3) is 7.85. The number of benzene rings is 3. The Morgan fingerprint density at radius 1 is 1.06 bits per heavy atom. The molecule has 0 aromatic heterocycles. The highest BCUT2D eigenvalue weighted by Crippen LogP contribution is 2.35. The Bertz CT molecular complexity index is 1300. The first kappa shape index (κ1) is 26.8. The molecule has 0 aliphatic heterocycles. The Morgan fingerprint density at radius 2 is 1.83 bits per heavy atom. The van der Waals surface area contributed by atoms with E-state index in [1.165, 1.54) is 6.08 Å². The highest BCUT2D eigenvalue weighted by atomic mass is 127. The second-order valence-electron chi connectivity index (χ2n) is 7.81. The summed E-state index contributed by atoms with van der Waals surface area (Å²) in [7, 11) is 0. The number of aryl methyl sites for hydroxylation is 1. The molecule has 3 rings (SSSR count). The molecule has 0 aliphatic carbocycles. The van der Waals surface area contributed by atoms with Gasteiger partial charge in [-0.05, 0) is 83.5 Å². The van der Waals surface area contributed by atoms with Crippen molar-refractivity contribution >= 4 is 46.2 Å². The second-order valence-corrected chi connectivity index (χ2v) is 8.97. The van der Waals surface area contributed by atoms with Gasteiger partial charge in [0.05, 0.1) is 10.2 Å². The normalized spacial score (nSPS) is 10.8. The molecule has 0 saturated carbocycles. The molecule has 0 heterocycles. The van der Waals surface area contributed by atoms with Crippen LogP contribution >= 0.6 is 22.6 Å². The van der Waals surface area contributed by atoms with Crippen LogP contribution in [0.2, 0.25) is 0 Å². The Kier molecular flexibility index (Phi) is 9.89. The van der Waals surface area contributed by atoms with Crippen molar-refractivity contribution in [3.8, 4) is 17.6 Å². The van der Waals surface area contributed by atoms with Gasteiger partial charge in [-0.1, -0.05) is 42.5 Å². The number of hydrogen-bond donors (Lipinski definition) is 2. The van der Waals surface area contributed by atoms with Crippen LogP contribution in [0.3, 0.4) is 0 Å². The monoisotopic (exact) mass is 595 g/mol. The van der Waals surface area contributed by atoms with E-state index in [4.69, 9.17) is 9.47 Å². The largest absolute Gasteiger partial charge is 0.490 e. The van der Waals surface area contributed by atoms with Crippen LogP contribution in [0.1, 0.15) is 23.6 Å². The number of amides is 2. The van der Waals surface area contributed by atoms with Gasteiger partial charge < -0.3 is 20.1 Å². The lowest BCUT2D eigenvalue weighted by atomic mass is 10.1. The molecule has 2 amide bonds. The van der Waals surface area contributed by atoms with Crippen LogP contribution in [-0.2, 0) is 16.1 Å². The Morgan fingerprint density at radius 3 is 2.53 bits per heavy atom. The van der Waals surface area contributed by atoms with Gasteiger partial charge >= 0.3 is 0 Å². The SMILES string of the molecule is CCOc1cc(/C=C(\C#N)C(=O)NCc2ccccc2)cc(I)c1OCC(=O)Nc1cccc(C)c1. The molecule has 7 nitrogen and oxygen atoms in total. The molecule has 0 aliphatic rings. The average Bonchev–Trinajstić information content (AvgIpc) is 2.86. The summed E-state index contributed by atoms with van der Waals surface area (Å²) in [6, 6.07) is 22.4. The number of hydrogen-bond acceptors (Lipinski definition) is 5. The van der Waals surface area contributed by atoms with Crippen LogP contribution < -0.4 is 20.1 Å². The molecule has 2 N–H and O–H groups in total. The van der Waals surface area contributed by atoms with Gasteiger partial charge in [0.2, 0.25) is 0 Å². The number of nitrogens with one attached hydrogen (secondary N) is 2. The lowest BCUT2D eigenvalue weighted by Crippen LogP contribution is -2.23. The molecule has 3 aromatic rings. The first-order valence-corrected chi connectivity index (χ1v) is 12.4. The van der Waals surface area contributed by atoms with E-state index in [-0.39, 0.29) is 18.1 Å². The molecule has 36 heavy (non-hydrogen) atoms. The maximum Gasteiger partial charge on any atom is 0.262 e. The van der Waals surface area contributed by atoms with Gasteiger partial charge in [-0.25, -0.2) is 0 Å². The van der Waals surface area contributed by atoms with E-state index in [0.717, 1.165) is 11.1 Å². The quantitative estimate of drug-likeness (QED) is 0.190. The van der Waals surface area contributed by atoms with Crippen molar-refractivity contribution in [2.75, 3.05) is 18.5 Å². The fraction of sp³-hybridized carbons (Fsp3) is 0.179. The standard InChI is InChI=1S/C28H26IN3O4/c1-3-35-25-15-21(13-22(16-30)28(34)31-17-20-9-5-4-6-10-20)14-24(29)27(25)36-18-26(33)32-23-11-7-8-19(2)12-23/h4-15H,3,17-18H2,1-2H3,(H,31,34)(H,32,33)/b22-13+. The van der Waals surface area contributed by atoms with Crippen molar-refractivity contribution in [1.82, 2.24) is 5.32 Å². The summed E-state index contributed by atoms with van der Waals surface area (Å²) in [5.41, 5.74) is 3.24. The van der Waals surface area contributed by atoms with Gasteiger partial charge in [-0.3, -0.25) is 9.59 Å². The number of nitrogens with zero attached hydrogens (tertiary/aromatic N) is 1. The van der Waals surface area contributed by atoms with E-state index < -0.39 is 5.91 Å². The molecule has 0 unspecified atom stereocenters. The Labute approximate surface area is 224 Å². The molecule has 8 heteroatoms. The predicted octanol–water partition coefficient (Wildman–Crippen LogP) is 5.24. The van der Waals surface area contributed by atoms with Crippen molar-refractivity contribution in [1.29, 1.82) is 5.26 Å². The summed E-state index contributed by atoms with van der Waals surface area (Å²) in [5.74, 6) is 0.0640. The molecular formula is C28H26IN3O4. The van der Waals surface area contributed by atoms with E-state index in [1.54, 1.807) is 12.1 Å². The fourth-order valence-corrected chi connectivity index (χ4v) is 4.10. The summed E-state index contributed by atoms with van der Waals surface area (Å²) in [4.78, 5) is 25.0. The highest BCUT2D eigenvalue weighted by molar-refractivity contribution is 14.1. The van der Waals surface area contributed by atoms with Crippen molar-refractivity contribution in [3.05, 3.63) is 92.6 Å². The summed E-state index contributed by atoms with van der Waals surface area (Å²) in [6.45, 7) is 4.27. The zero-order valence-corrected chi connectivity index (χ0v) is 22.2. The molecule has 0 atom stereocenters. The Balaban J connectivity index is 1.72. The van der Waals surface area contributed by atoms with Gasteiger partial charge in [0, 0.05) is 12.2 Å². The minimum atomic E-state index is -0.470. The van der Waals surface area contributed by atoms with E-state index in [1.807, 2.05) is 74.5 Å². The third-order valence-corrected chi connectivity index (χ3v) is 5.75. The van der Waals surface area contributed by atoms with E-state index in [9.17, 15) is 14.9 Å². The number of anilines is 1. The van der Waals surface area contributed by atoms with Crippen LogP contribution in [-0.4, -0.2) is 25.0 Å². The minimum Gasteiger partial charge on any atom is -0.490 e. The van der Waals surface area contributed by atoms with Crippen molar-refractivity contribution in [3.63, 3.8) is 0 Å². The lowest BCUT2D eigenvalue weighted by Gasteiger charge is -2.15. The van der Waals surface area contributed by atoms with Gasteiger partial charge in [0.25, 0.3) is 11.8 Å². The molecule has 3 aromatic carbocycles. The van der Waals surface area contributed by atoms with Crippen LogP contribution in [0, 0.1) is 21.8 Å². The van der Waals surface area contributed by atoms with Crippen molar-refractivity contribution in [2.45, 2.75) is 20.4 Å². The van der Waals surface area contributed by atoms with E-state index in [0.29, 0.717) is 39.5 Å².